The van der Waals surface area contributed by atoms with E-state index in [0.29, 0.717) is 15.2 Å². The Kier molecular flexibility index (Phi) is 3.30. The number of nitrogen functional groups attached to an aromatic ring is 1. The number of anilines is 1. The molecule has 1 aliphatic rings. The van der Waals surface area contributed by atoms with Gasteiger partial charge in [-0.15, -0.1) is 11.3 Å². The Labute approximate surface area is 127 Å². The highest BCUT2D eigenvalue weighted by molar-refractivity contribution is 9.10. The molecule has 18 heavy (non-hydrogen) atoms. The van der Waals surface area contributed by atoms with Crippen LogP contribution in [0.25, 0.3) is 0 Å². The lowest BCUT2D eigenvalue weighted by Crippen LogP contribution is -1.97. The van der Waals surface area contributed by atoms with Crippen LogP contribution < -0.4 is 5.73 Å². The number of thiazole rings is 1. The number of aromatic nitrogens is 1. The maximum Gasteiger partial charge on any atom is 0.180 e. The van der Waals surface area contributed by atoms with Gasteiger partial charge in [0, 0.05) is 25.3 Å². The number of hydrogen-bond donors (Lipinski definition) is 1. The van der Waals surface area contributed by atoms with Gasteiger partial charge >= 0.3 is 0 Å². The van der Waals surface area contributed by atoms with E-state index >= 15 is 0 Å². The smallest absolute Gasteiger partial charge is 0.180 e. The summed E-state index contributed by atoms with van der Waals surface area (Å²) in [4.78, 5) is 5.55. The number of fused-ring (bicyclic) bond motifs is 1. The molecule has 0 aliphatic heterocycles. The van der Waals surface area contributed by atoms with Crippen molar-refractivity contribution in [1.82, 2.24) is 4.98 Å². The van der Waals surface area contributed by atoms with Crippen LogP contribution in [0.2, 0.25) is 10.0 Å². The van der Waals surface area contributed by atoms with Crippen molar-refractivity contribution in [2.75, 3.05) is 5.73 Å². The summed E-state index contributed by atoms with van der Waals surface area (Å²) >= 11 is 17.6. The van der Waals surface area contributed by atoms with Gasteiger partial charge in [0.1, 0.15) is 0 Å². The predicted octanol–water partition coefficient (Wildman–Crippen LogP) is 4.87. The molecular formula is C12H9BrCl2N2S. The van der Waals surface area contributed by atoms with E-state index < -0.39 is 0 Å². The van der Waals surface area contributed by atoms with Crippen LogP contribution in [-0.4, -0.2) is 4.98 Å². The van der Waals surface area contributed by atoms with Crippen LogP contribution in [0.4, 0.5) is 5.13 Å². The van der Waals surface area contributed by atoms with E-state index in [2.05, 4.69) is 20.9 Å². The molecule has 1 atom stereocenters. The van der Waals surface area contributed by atoms with Gasteiger partial charge in [-0.2, -0.15) is 0 Å². The minimum absolute atomic E-state index is 0.225. The molecule has 0 bridgehead atoms. The zero-order valence-corrected chi connectivity index (χ0v) is 13.1. The third-order valence-electron chi connectivity index (χ3n) is 3.12. The highest BCUT2D eigenvalue weighted by Crippen LogP contribution is 2.47. The summed E-state index contributed by atoms with van der Waals surface area (Å²) in [6.45, 7) is 0. The molecule has 1 heterocycles. The molecular weight excluding hydrogens is 355 g/mol. The topological polar surface area (TPSA) is 38.9 Å². The summed E-state index contributed by atoms with van der Waals surface area (Å²) in [5, 5.41) is 2.01. The second-order valence-corrected chi connectivity index (χ2v) is 7.03. The fourth-order valence-electron chi connectivity index (χ4n) is 2.41. The summed E-state index contributed by atoms with van der Waals surface area (Å²) in [5.41, 5.74) is 7.85. The van der Waals surface area contributed by atoms with Gasteiger partial charge in [-0.05, 0) is 30.5 Å². The zero-order valence-electron chi connectivity index (χ0n) is 9.21. The van der Waals surface area contributed by atoms with Crippen molar-refractivity contribution in [3.05, 3.63) is 42.8 Å². The Morgan fingerprint density at radius 2 is 2.00 bits per heavy atom. The average molecular weight is 364 g/mol. The van der Waals surface area contributed by atoms with Crippen molar-refractivity contribution in [1.29, 1.82) is 0 Å². The number of benzene rings is 1. The first kappa shape index (κ1) is 12.7. The number of aryl methyl sites for hydroxylation is 1. The molecule has 0 fully saturated rings. The monoisotopic (exact) mass is 362 g/mol. The standard InChI is InChI=1S/C12H9BrCl2N2S/c13-5-3-7(14)10(8(15)4-5)6-1-2-9-11(6)18-12(16)17-9/h3-4,6H,1-2H2,(H2,16,17). The van der Waals surface area contributed by atoms with Gasteiger partial charge in [0.2, 0.25) is 0 Å². The molecule has 1 aromatic heterocycles. The lowest BCUT2D eigenvalue weighted by atomic mass is 9.98. The van der Waals surface area contributed by atoms with Crippen molar-refractivity contribution in [3.8, 4) is 0 Å². The quantitative estimate of drug-likeness (QED) is 0.784. The van der Waals surface area contributed by atoms with Crippen molar-refractivity contribution in [3.63, 3.8) is 0 Å². The second-order valence-electron chi connectivity index (χ2n) is 4.24. The molecule has 0 spiro atoms. The molecule has 6 heteroatoms. The van der Waals surface area contributed by atoms with Crippen molar-refractivity contribution < 1.29 is 0 Å². The Morgan fingerprint density at radius 1 is 1.33 bits per heavy atom. The summed E-state index contributed by atoms with van der Waals surface area (Å²) in [6, 6.07) is 3.76. The van der Waals surface area contributed by atoms with E-state index in [9.17, 15) is 0 Å². The Hall–Kier alpha value is -0.290. The molecule has 1 unspecified atom stereocenters. The van der Waals surface area contributed by atoms with Crippen molar-refractivity contribution in [2.24, 2.45) is 0 Å². The number of rotatable bonds is 1. The lowest BCUT2D eigenvalue weighted by molar-refractivity contribution is 0.791. The van der Waals surface area contributed by atoms with Gasteiger partial charge in [0.15, 0.2) is 5.13 Å². The van der Waals surface area contributed by atoms with Crippen molar-refractivity contribution in [2.45, 2.75) is 18.8 Å². The molecule has 0 amide bonds. The van der Waals surface area contributed by atoms with Crippen LogP contribution in [0.3, 0.4) is 0 Å². The third kappa shape index (κ3) is 2.05. The van der Waals surface area contributed by atoms with E-state index in [1.807, 2.05) is 12.1 Å². The van der Waals surface area contributed by atoms with Gasteiger partial charge in [-0.3, -0.25) is 0 Å². The second kappa shape index (κ2) is 4.67. The van der Waals surface area contributed by atoms with Crippen LogP contribution in [0, 0.1) is 0 Å². The maximum absolute atomic E-state index is 6.33. The molecule has 1 aromatic carbocycles. The number of nitrogens with two attached hydrogens (primary N) is 1. The number of nitrogens with zero attached hydrogens (tertiary/aromatic N) is 1. The molecule has 0 radical (unpaired) electrons. The largest absolute Gasteiger partial charge is 0.375 e. The number of hydrogen-bond acceptors (Lipinski definition) is 3. The van der Waals surface area contributed by atoms with Gasteiger partial charge in [0.25, 0.3) is 0 Å². The van der Waals surface area contributed by atoms with Crippen LogP contribution in [0.5, 0.6) is 0 Å². The van der Waals surface area contributed by atoms with Crippen LogP contribution in [0.15, 0.2) is 16.6 Å². The normalized spacial score (nSPS) is 18.1. The molecule has 0 saturated heterocycles. The minimum Gasteiger partial charge on any atom is -0.375 e. The lowest BCUT2D eigenvalue weighted by Gasteiger charge is -2.14. The number of halogens is 3. The highest BCUT2D eigenvalue weighted by atomic mass is 79.9. The fraction of sp³-hybridized carbons (Fsp3) is 0.250. The van der Waals surface area contributed by atoms with E-state index in [1.165, 1.54) is 16.2 Å². The molecule has 3 rings (SSSR count). The SMILES string of the molecule is Nc1nc2c(s1)C(c1c(Cl)cc(Br)cc1Cl)CC2. The van der Waals surface area contributed by atoms with Gasteiger partial charge < -0.3 is 5.73 Å². The summed E-state index contributed by atoms with van der Waals surface area (Å²) in [7, 11) is 0. The zero-order chi connectivity index (χ0) is 12.9. The van der Waals surface area contributed by atoms with E-state index in [0.717, 1.165) is 28.6 Å². The molecule has 2 aromatic rings. The summed E-state index contributed by atoms with van der Waals surface area (Å²) in [5.74, 6) is 0.225. The molecule has 1 aliphatic carbocycles. The fourth-order valence-corrected chi connectivity index (χ4v) is 4.90. The summed E-state index contributed by atoms with van der Waals surface area (Å²) in [6.07, 6.45) is 1.94. The molecule has 2 nitrogen and oxygen atoms in total. The van der Waals surface area contributed by atoms with E-state index in [4.69, 9.17) is 28.9 Å². The Bertz CT molecular complexity index is 604. The first-order chi connectivity index (χ1) is 8.56. The average Bonchev–Trinajstić information content (AvgIpc) is 2.77. The predicted molar refractivity (Wildman–Crippen MR) is 80.9 cm³/mol. The van der Waals surface area contributed by atoms with Crippen LogP contribution in [-0.2, 0) is 6.42 Å². The van der Waals surface area contributed by atoms with Gasteiger partial charge in [-0.1, -0.05) is 39.1 Å². The summed E-state index contributed by atoms with van der Waals surface area (Å²) < 4.78 is 0.892. The van der Waals surface area contributed by atoms with Crippen molar-refractivity contribution >= 4 is 55.6 Å². The molecule has 94 valence electrons. The van der Waals surface area contributed by atoms with E-state index in [1.54, 1.807) is 0 Å². The highest BCUT2D eigenvalue weighted by Gasteiger charge is 2.30. The van der Waals surface area contributed by atoms with Crippen LogP contribution >= 0.6 is 50.5 Å². The van der Waals surface area contributed by atoms with Gasteiger partial charge in [-0.25, -0.2) is 4.98 Å². The molecule has 2 N–H and O–H groups in total. The Morgan fingerprint density at radius 3 is 2.67 bits per heavy atom. The van der Waals surface area contributed by atoms with Crippen LogP contribution in [0.1, 0.15) is 28.5 Å². The first-order valence-electron chi connectivity index (χ1n) is 5.45. The van der Waals surface area contributed by atoms with E-state index in [-0.39, 0.29) is 5.92 Å². The maximum atomic E-state index is 6.33. The molecule has 0 saturated carbocycles. The first-order valence-corrected chi connectivity index (χ1v) is 7.82. The Balaban J connectivity index is 2.12. The minimum atomic E-state index is 0.225. The third-order valence-corrected chi connectivity index (χ3v) is 5.25. The van der Waals surface area contributed by atoms with Gasteiger partial charge in [0.05, 0.1) is 5.69 Å².